The van der Waals surface area contributed by atoms with Crippen molar-refractivity contribution in [3.05, 3.63) is 23.5 Å². The second-order valence-corrected chi connectivity index (χ2v) is 5.83. The molecular formula is C13H19N3OS. The summed E-state index contributed by atoms with van der Waals surface area (Å²) in [6.45, 7) is 3.07. The topological polar surface area (TPSA) is 38.6 Å². The molecule has 0 aromatic carbocycles. The summed E-state index contributed by atoms with van der Waals surface area (Å²) in [6.07, 6.45) is 6.67. The van der Waals surface area contributed by atoms with Gasteiger partial charge in [0.15, 0.2) is 4.96 Å². The number of hydrogen-bond donors (Lipinski definition) is 1. The molecule has 0 radical (unpaired) electrons. The molecule has 18 heavy (non-hydrogen) atoms. The summed E-state index contributed by atoms with van der Waals surface area (Å²) < 4.78 is 7.76. The zero-order chi connectivity index (χ0) is 12.5. The molecule has 2 aromatic rings. The van der Waals surface area contributed by atoms with Gasteiger partial charge in [-0.15, -0.1) is 11.3 Å². The Kier molecular flexibility index (Phi) is 3.37. The van der Waals surface area contributed by atoms with Crippen LogP contribution in [0, 0.1) is 5.92 Å². The molecule has 3 unspecified atom stereocenters. The van der Waals surface area contributed by atoms with Gasteiger partial charge in [0, 0.05) is 42.8 Å². The third-order valence-electron chi connectivity index (χ3n) is 3.89. The number of thiazole rings is 1. The fourth-order valence-electron chi connectivity index (χ4n) is 2.84. The number of aromatic nitrogens is 2. The van der Waals surface area contributed by atoms with Crippen LogP contribution in [0.5, 0.6) is 0 Å². The van der Waals surface area contributed by atoms with Gasteiger partial charge < -0.3 is 10.1 Å². The Balaban J connectivity index is 1.75. The number of fused-ring (bicyclic) bond motifs is 1. The van der Waals surface area contributed by atoms with Gasteiger partial charge in [0.1, 0.15) is 0 Å². The number of hydrogen-bond acceptors (Lipinski definition) is 4. The Morgan fingerprint density at radius 2 is 2.56 bits per heavy atom. The first-order valence-corrected chi connectivity index (χ1v) is 7.36. The summed E-state index contributed by atoms with van der Waals surface area (Å²) >= 11 is 1.68. The quantitative estimate of drug-likeness (QED) is 0.918. The van der Waals surface area contributed by atoms with E-state index in [0.717, 1.165) is 24.4 Å². The average Bonchev–Trinajstić information content (AvgIpc) is 3.01. The van der Waals surface area contributed by atoms with Gasteiger partial charge in [-0.05, 0) is 20.4 Å². The molecule has 1 fully saturated rings. The molecule has 1 aliphatic rings. The molecule has 3 heterocycles. The van der Waals surface area contributed by atoms with E-state index >= 15 is 0 Å². The van der Waals surface area contributed by atoms with E-state index in [1.54, 1.807) is 11.3 Å². The first-order chi connectivity index (χ1) is 8.78. The Morgan fingerprint density at radius 1 is 1.67 bits per heavy atom. The van der Waals surface area contributed by atoms with Crippen LogP contribution >= 0.6 is 11.3 Å². The van der Waals surface area contributed by atoms with Gasteiger partial charge in [-0.25, -0.2) is 4.98 Å². The van der Waals surface area contributed by atoms with E-state index in [-0.39, 0.29) is 0 Å². The van der Waals surface area contributed by atoms with E-state index in [9.17, 15) is 0 Å². The predicted octanol–water partition coefficient (Wildman–Crippen LogP) is 1.95. The van der Waals surface area contributed by atoms with E-state index in [4.69, 9.17) is 4.74 Å². The van der Waals surface area contributed by atoms with Crippen molar-refractivity contribution < 1.29 is 4.74 Å². The Morgan fingerprint density at radius 3 is 3.22 bits per heavy atom. The molecule has 1 saturated heterocycles. The zero-order valence-corrected chi connectivity index (χ0v) is 11.6. The number of rotatable bonds is 4. The Labute approximate surface area is 111 Å². The largest absolute Gasteiger partial charge is 0.378 e. The molecule has 0 saturated carbocycles. The van der Waals surface area contributed by atoms with Crippen molar-refractivity contribution in [3.63, 3.8) is 0 Å². The van der Waals surface area contributed by atoms with Crippen LogP contribution in [0.3, 0.4) is 0 Å². The molecular weight excluding hydrogens is 246 g/mol. The van der Waals surface area contributed by atoms with Crippen LogP contribution in [0.15, 0.2) is 17.8 Å². The molecule has 1 aliphatic heterocycles. The maximum Gasteiger partial charge on any atom is 0.193 e. The van der Waals surface area contributed by atoms with Gasteiger partial charge in [0.05, 0.1) is 11.8 Å². The highest BCUT2D eigenvalue weighted by Crippen LogP contribution is 2.26. The van der Waals surface area contributed by atoms with Crippen molar-refractivity contribution in [2.24, 2.45) is 5.92 Å². The molecule has 0 spiro atoms. The maximum atomic E-state index is 5.67. The lowest BCUT2D eigenvalue weighted by atomic mass is 9.90. The summed E-state index contributed by atoms with van der Waals surface area (Å²) in [6, 6.07) is 0.451. The highest BCUT2D eigenvalue weighted by atomic mass is 32.1. The molecule has 0 amide bonds. The molecule has 4 nitrogen and oxygen atoms in total. The molecule has 1 N–H and O–H groups in total. The standard InChI is InChI=1S/C13H19N3OS/c1-9-11(3-5-17-9)12(14-2)7-10-8-16-4-6-18-13(16)15-10/h4,6,8-9,11-12,14H,3,5,7H2,1-2H3. The Hall–Kier alpha value is -0.910. The van der Waals surface area contributed by atoms with E-state index in [2.05, 4.69) is 39.4 Å². The zero-order valence-electron chi connectivity index (χ0n) is 10.8. The average molecular weight is 265 g/mol. The van der Waals surface area contributed by atoms with E-state index in [0.29, 0.717) is 18.1 Å². The number of nitrogens with one attached hydrogen (secondary N) is 1. The lowest BCUT2D eigenvalue weighted by molar-refractivity contribution is 0.0962. The smallest absolute Gasteiger partial charge is 0.193 e. The normalized spacial score (nSPS) is 25.9. The third-order valence-corrected chi connectivity index (χ3v) is 4.67. The molecule has 0 aliphatic carbocycles. The third kappa shape index (κ3) is 2.18. The SMILES string of the molecule is CNC(Cc1cn2ccsc2n1)C1CCOC1C. The van der Waals surface area contributed by atoms with Crippen LogP contribution in [0.4, 0.5) is 0 Å². The summed E-state index contributed by atoms with van der Waals surface area (Å²) in [5.41, 5.74) is 1.17. The Bertz CT molecular complexity index is 493. The van der Waals surface area contributed by atoms with Crippen molar-refractivity contribution in [2.75, 3.05) is 13.7 Å². The summed E-state index contributed by atoms with van der Waals surface area (Å²) in [5.74, 6) is 0.592. The van der Waals surface area contributed by atoms with Crippen molar-refractivity contribution >= 4 is 16.3 Å². The van der Waals surface area contributed by atoms with Gasteiger partial charge in [0.2, 0.25) is 0 Å². The van der Waals surface area contributed by atoms with Crippen LogP contribution in [-0.2, 0) is 11.2 Å². The van der Waals surface area contributed by atoms with Gasteiger partial charge in [-0.3, -0.25) is 4.40 Å². The van der Waals surface area contributed by atoms with Gasteiger partial charge in [-0.1, -0.05) is 0 Å². The summed E-state index contributed by atoms with van der Waals surface area (Å²) in [7, 11) is 2.04. The van der Waals surface area contributed by atoms with Gasteiger partial charge >= 0.3 is 0 Å². The second-order valence-electron chi connectivity index (χ2n) is 4.95. The predicted molar refractivity (Wildman–Crippen MR) is 73.1 cm³/mol. The molecule has 2 aromatic heterocycles. The van der Waals surface area contributed by atoms with Crippen LogP contribution in [0.1, 0.15) is 19.0 Å². The number of imidazole rings is 1. The van der Waals surface area contributed by atoms with E-state index in [1.807, 2.05) is 7.05 Å². The molecule has 0 bridgehead atoms. The molecule has 3 rings (SSSR count). The maximum absolute atomic E-state index is 5.67. The van der Waals surface area contributed by atoms with Crippen LogP contribution in [-0.4, -0.2) is 35.2 Å². The first-order valence-electron chi connectivity index (χ1n) is 6.48. The lowest BCUT2D eigenvalue weighted by Crippen LogP contribution is -2.38. The number of nitrogens with zero attached hydrogens (tertiary/aromatic N) is 2. The fourth-order valence-corrected chi connectivity index (χ4v) is 3.56. The fraction of sp³-hybridized carbons (Fsp3) is 0.615. The van der Waals surface area contributed by atoms with Gasteiger partial charge in [-0.2, -0.15) is 0 Å². The van der Waals surface area contributed by atoms with E-state index in [1.165, 1.54) is 5.69 Å². The van der Waals surface area contributed by atoms with Gasteiger partial charge in [0.25, 0.3) is 0 Å². The van der Waals surface area contributed by atoms with Crippen molar-refractivity contribution in [1.29, 1.82) is 0 Å². The first kappa shape index (κ1) is 12.1. The molecule has 3 atom stereocenters. The minimum absolute atomic E-state index is 0.353. The summed E-state index contributed by atoms with van der Waals surface area (Å²) in [5, 5.41) is 5.50. The highest BCUT2D eigenvalue weighted by Gasteiger charge is 2.31. The lowest BCUT2D eigenvalue weighted by Gasteiger charge is -2.24. The molecule has 98 valence electrons. The monoisotopic (exact) mass is 265 g/mol. The summed E-state index contributed by atoms with van der Waals surface area (Å²) in [4.78, 5) is 5.74. The van der Waals surface area contributed by atoms with Crippen molar-refractivity contribution in [3.8, 4) is 0 Å². The minimum atomic E-state index is 0.353. The minimum Gasteiger partial charge on any atom is -0.378 e. The molecule has 5 heteroatoms. The van der Waals surface area contributed by atoms with Crippen LogP contribution < -0.4 is 5.32 Å². The van der Waals surface area contributed by atoms with E-state index < -0.39 is 0 Å². The second kappa shape index (κ2) is 4.99. The van der Waals surface area contributed by atoms with Crippen molar-refractivity contribution in [1.82, 2.24) is 14.7 Å². The number of ether oxygens (including phenoxy) is 1. The van der Waals surface area contributed by atoms with Crippen LogP contribution in [0.2, 0.25) is 0 Å². The van der Waals surface area contributed by atoms with Crippen molar-refractivity contribution in [2.45, 2.75) is 31.9 Å². The van der Waals surface area contributed by atoms with Crippen LogP contribution in [0.25, 0.3) is 4.96 Å². The number of likely N-dealkylation sites (N-methyl/N-ethyl adjacent to an activating group) is 1. The highest BCUT2D eigenvalue weighted by molar-refractivity contribution is 7.15.